The Morgan fingerprint density at radius 1 is 1.18 bits per heavy atom. The van der Waals surface area contributed by atoms with E-state index in [1.54, 1.807) is 29.8 Å². The van der Waals surface area contributed by atoms with E-state index < -0.39 is 0 Å². The van der Waals surface area contributed by atoms with Crippen molar-refractivity contribution in [1.82, 2.24) is 4.98 Å². The molecule has 3 rings (SSSR count). The van der Waals surface area contributed by atoms with Gasteiger partial charge in [0.15, 0.2) is 0 Å². The van der Waals surface area contributed by atoms with Gasteiger partial charge in [0, 0.05) is 27.7 Å². The standard InChI is InChI=1S/C17H13ClN2OS/c18-15-4-2-1-3-13(15)9-17(21)20-14-10-16(22-11-14)12-5-7-19-8-6-12/h1-8,10-11H,9H2,(H,20,21). The lowest BCUT2D eigenvalue weighted by atomic mass is 10.1. The van der Waals surface area contributed by atoms with Crippen molar-refractivity contribution in [3.05, 3.63) is 70.8 Å². The molecule has 0 unspecified atom stereocenters. The Labute approximate surface area is 137 Å². The Kier molecular flexibility index (Phi) is 4.51. The van der Waals surface area contributed by atoms with Crippen molar-refractivity contribution in [2.45, 2.75) is 6.42 Å². The third-order valence-corrected chi connectivity index (χ3v) is 4.50. The third-order valence-electron chi connectivity index (χ3n) is 3.16. The topological polar surface area (TPSA) is 42.0 Å². The largest absolute Gasteiger partial charge is 0.325 e. The molecule has 2 heterocycles. The Bertz CT molecular complexity index is 786. The van der Waals surface area contributed by atoms with Gasteiger partial charge in [-0.05, 0) is 35.4 Å². The molecule has 0 aliphatic carbocycles. The normalized spacial score (nSPS) is 10.4. The van der Waals surface area contributed by atoms with Crippen LogP contribution in [0.2, 0.25) is 5.02 Å². The maximum Gasteiger partial charge on any atom is 0.228 e. The van der Waals surface area contributed by atoms with Crippen molar-refractivity contribution in [3.63, 3.8) is 0 Å². The van der Waals surface area contributed by atoms with E-state index in [9.17, 15) is 4.79 Å². The first-order valence-electron chi connectivity index (χ1n) is 6.74. The first kappa shape index (κ1) is 14.8. The summed E-state index contributed by atoms with van der Waals surface area (Å²) in [4.78, 5) is 17.2. The lowest BCUT2D eigenvalue weighted by Crippen LogP contribution is -2.14. The van der Waals surface area contributed by atoms with Crippen molar-refractivity contribution in [2.24, 2.45) is 0 Å². The van der Waals surface area contributed by atoms with Gasteiger partial charge in [-0.3, -0.25) is 9.78 Å². The number of aromatic nitrogens is 1. The van der Waals surface area contributed by atoms with Gasteiger partial charge < -0.3 is 5.32 Å². The van der Waals surface area contributed by atoms with Crippen molar-refractivity contribution >= 4 is 34.5 Å². The van der Waals surface area contributed by atoms with Crippen LogP contribution in [0.5, 0.6) is 0 Å². The molecule has 3 nitrogen and oxygen atoms in total. The van der Waals surface area contributed by atoms with E-state index >= 15 is 0 Å². The summed E-state index contributed by atoms with van der Waals surface area (Å²) in [7, 11) is 0. The van der Waals surface area contributed by atoms with E-state index in [1.807, 2.05) is 41.8 Å². The maximum absolute atomic E-state index is 12.1. The summed E-state index contributed by atoms with van der Waals surface area (Å²) in [6, 6.07) is 13.2. The molecule has 22 heavy (non-hydrogen) atoms. The van der Waals surface area contributed by atoms with Crippen LogP contribution >= 0.6 is 22.9 Å². The van der Waals surface area contributed by atoms with E-state index in [-0.39, 0.29) is 12.3 Å². The number of nitrogens with one attached hydrogen (secondary N) is 1. The number of nitrogens with zero attached hydrogens (tertiary/aromatic N) is 1. The smallest absolute Gasteiger partial charge is 0.228 e. The van der Waals surface area contributed by atoms with Gasteiger partial charge in [0.05, 0.1) is 12.1 Å². The highest BCUT2D eigenvalue weighted by Crippen LogP contribution is 2.29. The number of hydrogen-bond acceptors (Lipinski definition) is 3. The Morgan fingerprint density at radius 2 is 1.95 bits per heavy atom. The Balaban J connectivity index is 1.68. The highest BCUT2D eigenvalue weighted by atomic mass is 35.5. The first-order valence-corrected chi connectivity index (χ1v) is 8.00. The molecule has 0 spiro atoms. The molecule has 0 aliphatic rings. The zero-order chi connectivity index (χ0) is 15.4. The van der Waals surface area contributed by atoms with Crippen LogP contribution in [0.4, 0.5) is 5.69 Å². The number of hydrogen-bond donors (Lipinski definition) is 1. The molecule has 0 aliphatic heterocycles. The zero-order valence-corrected chi connectivity index (χ0v) is 13.2. The van der Waals surface area contributed by atoms with E-state index in [1.165, 1.54) is 0 Å². The number of rotatable bonds is 4. The van der Waals surface area contributed by atoms with Crippen molar-refractivity contribution < 1.29 is 4.79 Å². The van der Waals surface area contributed by atoms with E-state index in [2.05, 4.69) is 10.3 Å². The Morgan fingerprint density at radius 3 is 2.73 bits per heavy atom. The van der Waals surface area contributed by atoms with Gasteiger partial charge in [-0.2, -0.15) is 0 Å². The molecule has 5 heteroatoms. The lowest BCUT2D eigenvalue weighted by Gasteiger charge is -2.04. The number of halogens is 1. The van der Waals surface area contributed by atoms with Crippen molar-refractivity contribution in [2.75, 3.05) is 5.32 Å². The molecule has 1 amide bonds. The summed E-state index contributed by atoms with van der Waals surface area (Å²) in [6.45, 7) is 0. The maximum atomic E-state index is 12.1. The van der Waals surface area contributed by atoms with Crippen LogP contribution < -0.4 is 5.32 Å². The zero-order valence-electron chi connectivity index (χ0n) is 11.6. The molecule has 0 atom stereocenters. The SMILES string of the molecule is O=C(Cc1ccccc1Cl)Nc1csc(-c2ccncc2)c1. The van der Waals surface area contributed by atoms with Gasteiger partial charge in [0.25, 0.3) is 0 Å². The van der Waals surface area contributed by atoms with Crippen LogP contribution in [0.15, 0.2) is 60.2 Å². The summed E-state index contributed by atoms with van der Waals surface area (Å²) >= 11 is 7.66. The second-order valence-electron chi connectivity index (χ2n) is 4.75. The highest BCUT2D eigenvalue weighted by molar-refractivity contribution is 7.14. The summed E-state index contributed by atoms with van der Waals surface area (Å²) in [5.74, 6) is -0.0767. The summed E-state index contributed by atoms with van der Waals surface area (Å²) in [5.41, 5.74) is 2.71. The van der Waals surface area contributed by atoms with Gasteiger partial charge in [0.2, 0.25) is 5.91 Å². The molecule has 1 aromatic carbocycles. The monoisotopic (exact) mass is 328 g/mol. The number of amides is 1. The summed E-state index contributed by atoms with van der Waals surface area (Å²) in [6.07, 6.45) is 3.77. The second kappa shape index (κ2) is 6.73. The van der Waals surface area contributed by atoms with Crippen LogP contribution in [0, 0.1) is 0 Å². The molecule has 0 fully saturated rings. The van der Waals surface area contributed by atoms with Crippen LogP contribution in [0.3, 0.4) is 0 Å². The first-order chi connectivity index (χ1) is 10.7. The molecule has 3 aromatic rings. The molecular formula is C17H13ClN2OS. The molecule has 0 saturated carbocycles. The predicted octanol–water partition coefficient (Wildman–Crippen LogP) is 4.64. The molecule has 2 aromatic heterocycles. The van der Waals surface area contributed by atoms with Crippen molar-refractivity contribution in [1.29, 1.82) is 0 Å². The summed E-state index contributed by atoms with van der Waals surface area (Å²) in [5, 5.41) is 5.45. The molecule has 1 N–H and O–H groups in total. The number of pyridine rings is 1. The fourth-order valence-electron chi connectivity index (χ4n) is 2.09. The number of thiophene rings is 1. The lowest BCUT2D eigenvalue weighted by molar-refractivity contribution is -0.115. The van der Waals surface area contributed by atoms with Gasteiger partial charge in [-0.25, -0.2) is 0 Å². The van der Waals surface area contributed by atoms with Gasteiger partial charge >= 0.3 is 0 Å². The molecule has 0 bridgehead atoms. The second-order valence-corrected chi connectivity index (χ2v) is 6.07. The Hall–Kier alpha value is -2.17. The minimum absolute atomic E-state index is 0.0767. The molecule has 0 saturated heterocycles. The quantitative estimate of drug-likeness (QED) is 0.757. The van der Waals surface area contributed by atoms with Gasteiger partial charge in [-0.1, -0.05) is 29.8 Å². The number of carbonyl (C=O) groups is 1. The fourth-order valence-corrected chi connectivity index (χ4v) is 3.14. The number of carbonyl (C=O) groups excluding carboxylic acids is 1. The molecule has 0 radical (unpaired) electrons. The van der Waals surface area contributed by atoms with Crippen LogP contribution in [-0.2, 0) is 11.2 Å². The highest BCUT2D eigenvalue weighted by Gasteiger charge is 2.09. The van der Waals surface area contributed by atoms with E-state index in [0.717, 1.165) is 21.7 Å². The number of benzene rings is 1. The van der Waals surface area contributed by atoms with Crippen molar-refractivity contribution in [3.8, 4) is 10.4 Å². The van der Waals surface area contributed by atoms with Gasteiger partial charge in [0.1, 0.15) is 0 Å². The number of anilines is 1. The van der Waals surface area contributed by atoms with Crippen LogP contribution in [-0.4, -0.2) is 10.9 Å². The van der Waals surface area contributed by atoms with Crippen LogP contribution in [0.1, 0.15) is 5.56 Å². The minimum Gasteiger partial charge on any atom is -0.325 e. The fraction of sp³-hybridized carbons (Fsp3) is 0.0588. The third kappa shape index (κ3) is 3.53. The predicted molar refractivity (Wildman–Crippen MR) is 91.3 cm³/mol. The average Bonchev–Trinajstić information content (AvgIpc) is 2.99. The molecular weight excluding hydrogens is 316 g/mol. The molecule has 110 valence electrons. The minimum atomic E-state index is -0.0767. The average molecular weight is 329 g/mol. The van der Waals surface area contributed by atoms with Gasteiger partial charge in [-0.15, -0.1) is 11.3 Å². The van der Waals surface area contributed by atoms with E-state index in [4.69, 9.17) is 11.6 Å². The van der Waals surface area contributed by atoms with Crippen LogP contribution in [0.25, 0.3) is 10.4 Å². The summed E-state index contributed by atoms with van der Waals surface area (Å²) < 4.78 is 0. The van der Waals surface area contributed by atoms with E-state index in [0.29, 0.717) is 5.02 Å².